The Hall–Kier alpha value is -3.42. The summed E-state index contributed by atoms with van der Waals surface area (Å²) < 4.78 is 33.5. The monoisotopic (exact) mass is 488 g/mol. The highest BCUT2D eigenvalue weighted by atomic mass is 32.2. The van der Waals surface area contributed by atoms with Gasteiger partial charge >= 0.3 is 0 Å². The lowest BCUT2D eigenvalue weighted by Crippen LogP contribution is -2.01. The maximum Gasteiger partial charge on any atom is 0.296 e. The number of azo groups is 2. The van der Waals surface area contributed by atoms with Gasteiger partial charge in [-0.15, -0.1) is 10.2 Å². The summed E-state index contributed by atoms with van der Waals surface area (Å²) in [6, 6.07) is 11.5. The minimum Gasteiger partial charge on any atom is -0.382 e. The number of thioether (sulfide) groups is 1. The van der Waals surface area contributed by atoms with Crippen LogP contribution in [0.25, 0.3) is 0 Å². The van der Waals surface area contributed by atoms with Gasteiger partial charge in [-0.1, -0.05) is 43.8 Å². The minimum atomic E-state index is -4.64. The zero-order valence-corrected chi connectivity index (χ0v) is 20.1. The molecule has 33 heavy (non-hydrogen) atoms. The molecule has 0 bridgehead atoms. The van der Waals surface area contributed by atoms with Crippen molar-refractivity contribution >= 4 is 56.3 Å². The number of nitrogens with two attached hydrogens (primary N) is 2. The highest BCUT2D eigenvalue weighted by molar-refractivity contribution is 7.98. The SMILES string of the molecule is CC.CSc1nc(N)c(N=Nc2cc(C)c(N=Nc3ccccc3)cc2S(=O)(=O)O)c(N)n1. The lowest BCUT2D eigenvalue weighted by atomic mass is 10.2. The molecule has 1 heterocycles. The van der Waals surface area contributed by atoms with E-state index in [-0.39, 0.29) is 28.7 Å². The Morgan fingerprint density at radius 2 is 1.48 bits per heavy atom. The summed E-state index contributed by atoms with van der Waals surface area (Å²) in [6.45, 7) is 5.69. The number of hydrogen-bond acceptors (Lipinski definition) is 11. The Morgan fingerprint density at radius 1 is 0.909 bits per heavy atom. The van der Waals surface area contributed by atoms with Crippen LogP contribution < -0.4 is 11.5 Å². The van der Waals surface area contributed by atoms with Crippen LogP contribution in [0, 0.1) is 6.92 Å². The average molecular weight is 489 g/mol. The first-order valence-corrected chi connectivity index (χ1v) is 12.3. The van der Waals surface area contributed by atoms with E-state index >= 15 is 0 Å². The van der Waals surface area contributed by atoms with Gasteiger partial charge in [0.1, 0.15) is 10.6 Å². The van der Waals surface area contributed by atoms with Crippen molar-refractivity contribution in [2.45, 2.75) is 30.8 Å². The number of anilines is 2. The number of aryl methyl sites for hydroxylation is 1. The van der Waals surface area contributed by atoms with Crippen LogP contribution in [0.1, 0.15) is 19.4 Å². The van der Waals surface area contributed by atoms with Gasteiger partial charge in [-0.05, 0) is 43.0 Å². The number of nitrogen functional groups attached to an aromatic ring is 2. The summed E-state index contributed by atoms with van der Waals surface area (Å²) in [7, 11) is -4.64. The fourth-order valence-electron chi connectivity index (χ4n) is 2.43. The smallest absolute Gasteiger partial charge is 0.296 e. The van der Waals surface area contributed by atoms with Crippen LogP contribution in [0.15, 0.2) is 73.0 Å². The molecule has 0 saturated heterocycles. The van der Waals surface area contributed by atoms with Crippen molar-refractivity contribution in [2.24, 2.45) is 20.5 Å². The minimum absolute atomic E-state index is 0.00965. The van der Waals surface area contributed by atoms with E-state index < -0.39 is 15.0 Å². The summed E-state index contributed by atoms with van der Waals surface area (Å²) in [5, 5.41) is 16.3. The number of benzene rings is 2. The van der Waals surface area contributed by atoms with Crippen molar-refractivity contribution in [2.75, 3.05) is 17.7 Å². The molecule has 0 aliphatic rings. The standard InChI is InChI=1S/C18H18N8O3S2.C2H6/c1-10-8-13(25-26-15-16(19)21-18(30-2)22-17(15)20)14(31(27,28)29)9-12(10)24-23-11-6-4-3-5-7-11;1-2/h3-9H,1-2H3,(H,27,28,29)(H4,19,20,21,22);1-2H3. The van der Waals surface area contributed by atoms with Gasteiger partial charge < -0.3 is 11.5 Å². The van der Waals surface area contributed by atoms with E-state index in [1.165, 1.54) is 17.8 Å². The van der Waals surface area contributed by atoms with Crippen molar-refractivity contribution < 1.29 is 13.0 Å². The fraction of sp³-hybridized carbons (Fsp3) is 0.200. The van der Waals surface area contributed by atoms with E-state index in [0.717, 1.165) is 6.07 Å². The van der Waals surface area contributed by atoms with E-state index in [2.05, 4.69) is 30.4 Å². The molecule has 3 rings (SSSR count). The molecule has 0 spiro atoms. The number of rotatable bonds is 6. The molecule has 0 radical (unpaired) electrons. The van der Waals surface area contributed by atoms with Gasteiger partial charge in [-0.2, -0.15) is 18.6 Å². The summed E-state index contributed by atoms with van der Waals surface area (Å²) in [4.78, 5) is 7.55. The molecule has 0 aliphatic carbocycles. The predicted octanol–water partition coefficient (Wildman–Crippen LogP) is 5.78. The van der Waals surface area contributed by atoms with Gasteiger partial charge in [0.25, 0.3) is 10.1 Å². The number of hydrogen-bond donors (Lipinski definition) is 3. The molecule has 174 valence electrons. The molecule has 0 atom stereocenters. The quantitative estimate of drug-likeness (QED) is 0.169. The third-order valence-electron chi connectivity index (χ3n) is 3.94. The Labute approximate surface area is 196 Å². The molecule has 11 nitrogen and oxygen atoms in total. The van der Waals surface area contributed by atoms with Gasteiger partial charge in [-0.25, -0.2) is 9.97 Å². The maximum atomic E-state index is 11.9. The van der Waals surface area contributed by atoms with E-state index in [9.17, 15) is 13.0 Å². The van der Waals surface area contributed by atoms with Crippen LogP contribution >= 0.6 is 11.8 Å². The van der Waals surface area contributed by atoms with Crippen LogP contribution in [0.5, 0.6) is 0 Å². The highest BCUT2D eigenvalue weighted by Gasteiger charge is 2.19. The number of nitrogens with zero attached hydrogens (tertiary/aromatic N) is 6. The molecule has 5 N–H and O–H groups in total. The van der Waals surface area contributed by atoms with Gasteiger partial charge in [0.05, 0.1) is 11.4 Å². The normalized spacial score (nSPS) is 11.5. The zero-order valence-electron chi connectivity index (χ0n) is 18.5. The van der Waals surface area contributed by atoms with Crippen molar-refractivity contribution in [3.8, 4) is 0 Å². The third-order valence-corrected chi connectivity index (χ3v) is 5.37. The Balaban J connectivity index is 0.00000187. The largest absolute Gasteiger partial charge is 0.382 e. The molecule has 1 aromatic heterocycles. The highest BCUT2D eigenvalue weighted by Crippen LogP contribution is 2.36. The van der Waals surface area contributed by atoms with Crippen LogP contribution in [0.4, 0.5) is 34.4 Å². The van der Waals surface area contributed by atoms with Gasteiger partial charge in [0.2, 0.25) is 0 Å². The van der Waals surface area contributed by atoms with Gasteiger partial charge in [0, 0.05) is 0 Å². The molecule has 0 amide bonds. The Morgan fingerprint density at radius 3 is 2.03 bits per heavy atom. The molecule has 13 heteroatoms. The van der Waals surface area contributed by atoms with Gasteiger partial charge in [-0.3, -0.25) is 4.55 Å². The van der Waals surface area contributed by atoms with Crippen molar-refractivity contribution in [1.82, 2.24) is 9.97 Å². The van der Waals surface area contributed by atoms with Crippen LogP contribution in [-0.4, -0.2) is 29.2 Å². The molecule has 0 saturated carbocycles. The first-order valence-electron chi connectivity index (χ1n) is 9.66. The fourth-order valence-corrected chi connectivity index (χ4v) is 3.43. The summed E-state index contributed by atoms with van der Waals surface area (Å²) >= 11 is 1.25. The summed E-state index contributed by atoms with van der Waals surface area (Å²) in [5.74, 6) is -0.0296. The Kier molecular flexibility index (Phi) is 8.96. The van der Waals surface area contributed by atoms with Crippen molar-refractivity contribution in [3.63, 3.8) is 0 Å². The molecular weight excluding hydrogens is 464 g/mol. The van der Waals surface area contributed by atoms with Crippen LogP contribution in [0.3, 0.4) is 0 Å². The number of aromatic nitrogens is 2. The predicted molar refractivity (Wildman–Crippen MR) is 130 cm³/mol. The van der Waals surface area contributed by atoms with Gasteiger partial charge in [0.15, 0.2) is 22.5 Å². The lowest BCUT2D eigenvalue weighted by molar-refractivity contribution is 0.483. The summed E-state index contributed by atoms with van der Waals surface area (Å²) in [5.41, 5.74) is 12.9. The van der Waals surface area contributed by atoms with Crippen LogP contribution in [-0.2, 0) is 10.1 Å². The second kappa shape index (κ2) is 11.4. The van der Waals surface area contributed by atoms with E-state index in [4.69, 9.17) is 11.5 Å². The molecular formula is C20H24N8O3S2. The second-order valence-corrected chi connectivity index (χ2v) is 8.31. The first-order chi connectivity index (χ1) is 15.7. The maximum absolute atomic E-state index is 11.9. The first kappa shape index (κ1) is 25.8. The van der Waals surface area contributed by atoms with Crippen LogP contribution in [0.2, 0.25) is 0 Å². The molecule has 0 fully saturated rings. The van der Waals surface area contributed by atoms with E-state index in [0.29, 0.717) is 16.4 Å². The zero-order chi connectivity index (χ0) is 24.6. The Bertz CT molecular complexity index is 1260. The van der Waals surface area contributed by atoms with E-state index in [1.54, 1.807) is 37.4 Å². The van der Waals surface area contributed by atoms with E-state index in [1.807, 2.05) is 19.9 Å². The lowest BCUT2D eigenvalue weighted by Gasteiger charge is -2.07. The molecule has 0 aliphatic heterocycles. The molecule has 3 aromatic rings. The second-order valence-electron chi connectivity index (χ2n) is 6.15. The van der Waals surface area contributed by atoms with Crippen molar-refractivity contribution in [1.29, 1.82) is 0 Å². The topological polar surface area (TPSA) is 182 Å². The average Bonchev–Trinajstić information content (AvgIpc) is 2.79. The third kappa shape index (κ3) is 6.78. The van der Waals surface area contributed by atoms with Crippen molar-refractivity contribution in [3.05, 3.63) is 48.0 Å². The molecule has 0 unspecified atom stereocenters. The summed E-state index contributed by atoms with van der Waals surface area (Å²) in [6.07, 6.45) is 1.76. The molecule has 2 aromatic carbocycles.